The van der Waals surface area contributed by atoms with Crippen LogP contribution in [-0.4, -0.2) is 33.4 Å². The Bertz CT molecular complexity index is 508. The Kier molecular flexibility index (Phi) is 4.99. The molecule has 0 bridgehead atoms. The number of amides is 1. The minimum absolute atomic E-state index is 0.0683. The Morgan fingerprint density at radius 1 is 1.53 bits per heavy atom. The summed E-state index contributed by atoms with van der Waals surface area (Å²) in [5.41, 5.74) is -0.156. The Labute approximate surface area is 114 Å². The van der Waals surface area contributed by atoms with E-state index in [1.165, 1.54) is 6.92 Å². The molecule has 0 aliphatic carbocycles. The number of halogens is 1. The van der Waals surface area contributed by atoms with Crippen LogP contribution in [0.15, 0.2) is 0 Å². The van der Waals surface area contributed by atoms with E-state index in [9.17, 15) is 14.9 Å². The molecule has 1 unspecified atom stereocenters. The SMILES string of the molecule is CCNC(=O)C(C)Nc1nc(Cl)nc(C)c1[N+](=O)[O-]. The third-order valence-corrected chi connectivity index (χ3v) is 2.48. The van der Waals surface area contributed by atoms with Gasteiger partial charge in [-0.3, -0.25) is 14.9 Å². The molecule has 0 radical (unpaired) electrons. The molecule has 8 nitrogen and oxygen atoms in total. The van der Waals surface area contributed by atoms with Crippen LogP contribution in [0.4, 0.5) is 11.5 Å². The Morgan fingerprint density at radius 2 is 2.16 bits per heavy atom. The van der Waals surface area contributed by atoms with E-state index in [1.807, 2.05) is 0 Å². The lowest BCUT2D eigenvalue weighted by molar-refractivity contribution is -0.385. The first-order valence-electron chi connectivity index (χ1n) is 5.59. The minimum Gasteiger partial charge on any atom is -0.355 e. The number of nitrogens with zero attached hydrogens (tertiary/aromatic N) is 3. The summed E-state index contributed by atoms with van der Waals surface area (Å²) >= 11 is 5.67. The fourth-order valence-corrected chi connectivity index (χ4v) is 1.66. The number of hydrogen-bond acceptors (Lipinski definition) is 6. The maximum Gasteiger partial charge on any atom is 0.332 e. The number of nitro groups is 1. The van der Waals surface area contributed by atoms with Crippen molar-refractivity contribution in [2.24, 2.45) is 0 Å². The molecule has 0 aliphatic rings. The first-order chi connectivity index (χ1) is 8.86. The van der Waals surface area contributed by atoms with E-state index in [0.29, 0.717) is 6.54 Å². The van der Waals surface area contributed by atoms with Gasteiger partial charge in [0, 0.05) is 6.54 Å². The van der Waals surface area contributed by atoms with Gasteiger partial charge >= 0.3 is 5.69 Å². The summed E-state index contributed by atoms with van der Waals surface area (Å²) in [6.45, 7) is 5.27. The molecular formula is C10H14ClN5O3. The average molecular weight is 288 g/mol. The first-order valence-corrected chi connectivity index (χ1v) is 5.97. The van der Waals surface area contributed by atoms with Gasteiger partial charge in [0.15, 0.2) is 0 Å². The number of carbonyl (C=O) groups excluding carboxylic acids is 1. The van der Waals surface area contributed by atoms with Crippen molar-refractivity contribution >= 4 is 29.0 Å². The lowest BCUT2D eigenvalue weighted by Crippen LogP contribution is -2.37. The van der Waals surface area contributed by atoms with Crippen molar-refractivity contribution in [2.75, 3.05) is 11.9 Å². The van der Waals surface area contributed by atoms with Crippen LogP contribution in [0, 0.1) is 17.0 Å². The number of aryl methyl sites for hydroxylation is 1. The molecule has 2 N–H and O–H groups in total. The van der Waals surface area contributed by atoms with Gasteiger partial charge in [0.05, 0.1) is 4.92 Å². The highest BCUT2D eigenvalue weighted by atomic mass is 35.5. The van der Waals surface area contributed by atoms with Crippen LogP contribution < -0.4 is 10.6 Å². The highest BCUT2D eigenvalue weighted by Gasteiger charge is 2.24. The van der Waals surface area contributed by atoms with Crippen molar-refractivity contribution in [1.29, 1.82) is 0 Å². The van der Waals surface area contributed by atoms with Crippen LogP contribution in [0.2, 0.25) is 5.28 Å². The van der Waals surface area contributed by atoms with Crippen molar-refractivity contribution in [3.05, 3.63) is 21.1 Å². The number of likely N-dealkylation sites (N-methyl/N-ethyl adjacent to an activating group) is 1. The highest BCUT2D eigenvalue weighted by Crippen LogP contribution is 2.26. The van der Waals surface area contributed by atoms with Crippen molar-refractivity contribution in [3.8, 4) is 0 Å². The summed E-state index contributed by atoms with van der Waals surface area (Å²) in [6.07, 6.45) is 0. The molecule has 1 aromatic heterocycles. The molecule has 9 heteroatoms. The molecule has 0 saturated carbocycles. The third-order valence-electron chi connectivity index (χ3n) is 2.31. The van der Waals surface area contributed by atoms with Crippen LogP contribution in [0.25, 0.3) is 0 Å². The molecule has 0 fully saturated rings. The van der Waals surface area contributed by atoms with Gasteiger partial charge in [0.25, 0.3) is 0 Å². The maximum absolute atomic E-state index is 11.6. The number of aromatic nitrogens is 2. The van der Waals surface area contributed by atoms with Gasteiger partial charge < -0.3 is 10.6 Å². The molecule has 0 saturated heterocycles. The molecule has 1 rings (SSSR count). The number of carbonyl (C=O) groups is 1. The third kappa shape index (κ3) is 3.75. The van der Waals surface area contributed by atoms with Crippen LogP contribution in [0.3, 0.4) is 0 Å². The molecule has 1 amide bonds. The molecule has 0 aliphatic heterocycles. The molecular weight excluding hydrogens is 274 g/mol. The Balaban J connectivity index is 3.06. The normalized spacial score (nSPS) is 11.8. The van der Waals surface area contributed by atoms with Crippen molar-refractivity contribution in [3.63, 3.8) is 0 Å². The van der Waals surface area contributed by atoms with Gasteiger partial charge in [-0.15, -0.1) is 0 Å². The number of anilines is 1. The highest BCUT2D eigenvalue weighted by molar-refractivity contribution is 6.28. The zero-order valence-electron chi connectivity index (χ0n) is 10.7. The van der Waals surface area contributed by atoms with E-state index in [1.54, 1.807) is 13.8 Å². The van der Waals surface area contributed by atoms with Gasteiger partial charge in [0.1, 0.15) is 11.7 Å². The number of hydrogen-bond donors (Lipinski definition) is 2. The molecule has 1 aromatic rings. The van der Waals surface area contributed by atoms with Gasteiger partial charge in [-0.25, -0.2) is 4.98 Å². The topological polar surface area (TPSA) is 110 Å². The monoisotopic (exact) mass is 287 g/mol. The summed E-state index contributed by atoms with van der Waals surface area (Å²) in [7, 11) is 0. The Hall–Kier alpha value is -1.96. The first kappa shape index (κ1) is 15.1. The predicted molar refractivity (Wildman–Crippen MR) is 70.2 cm³/mol. The standard InChI is InChI=1S/C10H14ClN5O3/c1-4-12-9(17)6(3)13-8-7(16(18)19)5(2)14-10(11)15-8/h6H,4H2,1-3H3,(H,12,17)(H,13,14,15). The van der Waals surface area contributed by atoms with E-state index >= 15 is 0 Å². The number of nitrogens with one attached hydrogen (secondary N) is 2. The van der Waals surface area contributed by atoms with Crippen LogP contribution >= 0.6 is 11.6 Å². The Morgan fingerprint density at radius 3 is 2.68 bits per heavy atom. The second-order valence-electron chi connectivity index (χ2n) is 3.79. The average Bonchev–Trinajstić information content (AvgIpc) is 2.27. The quantitative estimate of drug-likeness (QED) is 0.479. The van der Waals surface area contributed by atoms with E-state index in [0.717, 1.165) is 0 Å². The van der Waals surface area contributed by atoms with Crippen LogP contribution in [0.5, 0.6) is 0 Å². The summed E-state index contributed by atoms with van der Waals surface area (Å²) in [5, 5.41) is 16.1. The van der Waals surface area contributed by atoms with E-state index in [2.05, 4.69) is 20.6 Å². The number of rotatable bonds is 5. The largest absolute Gasteiger partial charge is 0.355 e. The van der Waals surface area contributed by atoms with Crippen molar-refractivity contribution < 1.29 is 9.72 Å². The van der Waals surface area contributed by atoms with Crippen molar-refractivity contribution in [1.82, 2.24) is 15.3 Å². The lowest BCUT2D eigenvalue weighted by Gasteiger charge is -2.14. The molecule has 19 heavy (non-hydrogen) atoms. The molecule has 1 heterocycles. The van der Waals surface area contributed by atoms with Crippen LogP contribution in [0.1, 0.15) is 19.5 Å². The van der Waals surface area contributed by atoms with Gasteiger partial charge in [-0.05, 0) is 32.4 Å². The van der Waals surface area contributed by atoms with E-state index < -0.39 is 11.0 Å². The van der Waals surface area contributed by atoms with Crippen molar-refractivity contribution in [2.45, 2.75) is 26.8 Å². The molecule has 104 valence electrons. The van der Waals surface area contributed by atoms with Crippen LogP contribution in [-0.2, 0) is 4.79 Å². The smallest absolute Gasteiger partial charge is 0.332 e. The summed E-state index contributed by atoms with van der Waals surface area (Å²) in [5.74, 6) is -0.356. The fourth-order valence-electron chi connectivity index (χ4n) is 1.45. The molecule has 1 atom stereocenters. The fraction of sp³-hybridized carbons (Fsp3) is 0.500. The van der Waals surface area contributed by atoms with Gasteiger partial charge in [-0.1, -0.05) is 0 Å². The second kappa shape index (κ2) is 6.28. The maximum atomic E-state index is 11.6. The zero-order valence-corrected chi connectivity index (χ0v) is 11.5. The molecule has 0 spiro atoms. The summed E-state index contributed by atoms with van der Waals surface area (Å²) in [4.78, 5) is 29.4. The summed E-state index contributed by atoms with van der Waals surface area (Å²) < 4.78 is 0. The van der Waals surface area contributed by atoms with E-state index in [4.69, 9.17) is 11.6 Å². The summed E-state index contributed by atoms with van der Waals surface area (Å²) in [6, 6.07) is -0.677. The second-order valence-corrected chi connectivity index (χ2v) is 4.13. The van der Waals surface area contributed by atoms with E-state index in [-0.39, 0.29) is 28.4 Å². The molecule has 0 aromatic carbocycles. The van der Waals surface area contributed by atoms with Gasteiger partial charge in [0.2, 0.25) is 17.0 Å². The van der Waals surface area contributed by atoms with Gasteiger partial charge in [-0.2, -0.15) is 4.98 Å². The lowest BCUT2D eigenvalue weighted by atomic mass is 10.3. The minimum atomic E-state index is -0.677. The predicted octanol–water partition coefficient (Wildman–Crippen LogP) is 1.28. The zero-order chi connectivity index (χ0) is 14.6.